The maximum Gasteiger partial charge on any atom is 0.310 e. The van der Waals surface area contributed by atoms with Crippen LogP contribution in [0.2, 0.25) is 0 Å². The Morgan fingerprint density at radius 3 is 2.36 bits per heavy atom. The van der Waals surface area contributed by atoms with Crippen molar-refractivity contribution in [1.82, 2.24) is 4.72 Å². The van der Waals surface area contributed by atoms with Gasteiger partial charge in [0, 0.05) is 6.54 Å². The summed E-state index contributed by atoms with van der Waals surface area (Å²) in [5, 5.41) is 8.46. The molecule has 0 amide bonds. The molecule has 0 unspecified atom stereocenters. The summed E-state index contributed by atoms with van der Waals surface area (Å²) in [4.78, 5) is 10.7. The van der Waals surface area contributed by atoms with E-state index in [0.29, 0.717) is 12.8 Å². The number of hydrogen-bond donors (Lipinski definition) is 2. The standard InChI is InChI=1S/C8H15NO4S/c1-8(2,7(10)11)5-9-14(12,13)6-3-4-6/h6,9H,3-5H2,1-2H3,(H,10,11). The molecule has 1 fully saturated rings. The van der Waals surface area contributed by atoms with Gasteiger partial charge in [0.25, 0.3) is 0 Å². The lowest BCUT2D eigenvalue weighted by Gasteiger charge is -2.19. The van der Waals surface area contributed by atoms with Crippen molar-refractivity contribution in [3.05, 3.63) is 0 Å². The van der Waals surface area contributed by atoms with E-state index >= 15 is 0 Å². The molecule has 1 aliphatic rings. The van der Waals surface area contributed by atoms with Crippen LogP contribution in [0.1, 0.15) is 26.7 Å². The molecule has 0 radical (unpaired) electrons. The molecule has 1 saturated carbocycles. The number of sulfonamides is 1. The maximum absolute atomic E-state index is 11.4. The molecule has 5 nitrogen and oxygen atoms in total. The number of hydrogen-bond acceptors (Lipinski definition) is 3. The Labute approximate surface area is 83.6 Å². The van der Waals surface area contributed by atoms with Gasteiger partial charge in [0.15, 0.2) is 0 Å². The number of aliphatic carboxylic acids is 1. The molecule has 1 aliphatic carbocycles. The Balaban J connectivity index is 2.51. The normalized spacial score (nSPS) is 18.1. The molecule has 0 heterocycles. The van der Waals surface area contributed by atoms with Crippen molar-refractivity contribution in [1.29, 1.82) is 0 Å². The van der Waals surface area contributed by atoms with E-state index in [4.69, 9.17) is 5.11 Å². The molecule has 0 aromatic carbocycles. The van der Waals surface area contributed by atoms with Gasteiger partial charge in [0.2, 0.25) is 10.0 Å². The van der Waals surface area contributed by atoms with Gasteiger partial charge in [-0.25, -0.2) is 13.1 Å². The lowest BCUT2D eigenvalue weighted by atomic mass is 9.95. The van der Waals surface area contributed by atoms with Gasteiger partial charge in [-0.2, -0.15) is 0 Å². The van der Waals surface area contributed by atoms with E-state index in [1.807, 2.05) is 0 Å². The number of rotatable bonds is 5. The summed E-state index contributed by atoms with van der Waals surface area (Å²) in [6.07, 6.45) is 1.37. The van der Waals surface area contributed by atoms with Crippen molar-refractivity contribution >= 4 is 16.0 Å². The minimum atomic E-state index is -3.27. The lowest BCUT2D eigenvalue weighted by molar-refractivity contribution is -0.146. The summed E-state index contributed by atoms with van der Waals surface area (Å²) in [6, 6.07) is 0. The average Bonchev–Trinajstić information content (AvgIpc) is 2.83. The summed E-state index contributed by atoms with van der Waals surface area (Å²) in [5.41, 5.74) is -1.05. The molecular weight excluding hydrogens is 206 g/mol. The maximum atomic E-state index is 11.4. The molecule has 0 aromatic heterocycles. The van der Waals surface area contributed by atoms with Crippen LogP contribution in [0.5, 0.6) is 0 Å². The zero-order valence-electron chi connectivity index (χ0n) is 8.28. The van der Waals surface area contributed by atoms with E-state index in [-0.39, 0.29) is 11.8 Å². The minimum Gasteiger partial charge on any atom is -0.481 e. The second kappa shape index (κ2) is 3.51. The molecule has 14 heavy (non-hydrogen) atoms. The fraction of sp³-hybridized carbons (Fsp3) is 0.875. The first-order valence-corrected chi connectivity index (χ1v) is 6.02. The molecule has 82 valence electrons. The highest BCUT2D eigenvalue weighted by Crippen LogP contribution is 2.28. The topological polar surface area (TPSA) is 83.5 Å². The van der Waals surface area contributed by atoms with E-state index in [1.165, 1.54) is 13.8 Å². The molecule has 1 rings (SSSR count). The number of nitrogens with one attached hydrogen (secondary N) is 1. The Hall–Kier alpha value is -0.620. The molecule has 0 atom stereocenters. The molecule has 0 spiro atoms. The third-order valence-corrected chi connectivity index (χ3v) is 4.15. The van der Waals surface area contributed by atoms with Gasteiger partial charge in [-0.05, 0) is 26.7 Å². The Morgan fingerprint density at radius 2 is 2.00 bits per heavy atom. The van der Waals surface area contributed by atoms with E-state index in [2.05, 4.69) is 4.72 Å². The molecule has 0 aliphatic heterocycles. The summed E-state index contributed by atoms with van der Waals surface area (Å²) in [7, 11) is -3.27. The molecule has 0 aromatic rings. The van der Waals surface area contributed by atoms with E-state index < -0.39 is 21.4 Å². The van der Waals surface area contributed by atoms with Gasteiger partial charge in [-0.1, -0.05) is 0 Å². The van der Waals surface area contributed by atoms with Gasteiger partial charge >= 0.3 is 5.97 Å². The third-order valence-electron chi connectivity index (χ3n) is 2.26. The summed E-state index contributed by atoms with van der Waals surface area (Å²) < 4.78 is 25.1. The first-order chi connectivity index (χ1) is 6.26. The minimum absolute atomic E-state index is 0.0544. The molecular formula is C8H15NO4S. The molecule has 0 bridgehead atoms. The smallest absolute Gasteiger partial charge is 0.310 e. The van der Waals surface area contributed by atoms with Gasteiger partial charge in [-0.15, -0.1) is 0 Å². The van der Waals surface area contributed by atoms with Crippen molar-refractivity contribution < 1.29 is 18.3 Å². The van der Waals surface area contributed by atoms with Crippen LogP contribution >= 0.6 is 0 Å². The summed E-state index contributed by atoms with van der Waals surface area (Å²) in [6.45, 7) is 2.93. The number of carbonyl (C=O) groups is 1. The van der Waals surface area contributed by atoms with E-state index in [9.17, 15) is 13.2 Å². The fourth-order valence-electron chi connectivity index (χ4n) is 0.853. The predicted octanol–water partition coefficient (Wildman–Crippen LogP) is 0.179. The number of carboxylic acid groups (broad SMARTS) is 1. The van der Waals surface area contributed by atoms with Crippen molar-refractivity contribution in [2.75, 3.05) is 6.54 Å². The summed E-state index contributed by atoms with van der Waals surface area (Å²) in [5.74, 6) is -1.00. The van der Waals surface area contributed by atoms with Crippen molar-refractivity contribution in [3.63, 3.8) is 0 Å². The Kier molecular flexibility index (Phi) is 2.87. The zero-order chi connectivity index (χ0) is 11.0. The van der Waals surface area contributed by atoms with Gasteiger partial charge in [0.05, 0.1) is 10.7 Å². The van der Waals surface area contributed by atoms with Crippen LogP contribution < -0.4 is 4.72 Å². The molecule has 2 N–H and O–H groups in total. The van der Waals surface area contributed by atoms with Crippen LogP contribution in [0.25, 0.3) is 0 Å². The molecule has 0 saturated heterocycles. The fourth-order valence-corrected chi connectivity index (χ4v) is 2.41. The Morgan fingerprint density at radius 1 is 1.50 bits per heavy atom. The van der Waals surface area contributed by atoms with Crippen LogP contribution in [0.15, 0.2) is 0 Å². The highest BCUT2D eigenvalue weighted by Gasteiger charge is 2.37. The van der Waals surface area contributed by atoms with Crippen LogP contribution in [-0.2, 0) is 14.8 Å². The largest absolute Gasteiger partial charge is 0.481 e. The monoisotopic (exact) mass is 221 g/mol. The SMILES string of the molecule is CC(C)(CNS(=O)(=O)C1CC1)C(=O)O. The Bertz CT molecular complexity index is 329. The highest BCUT2D eigenvalue weighted by atomic mass is 32.2. The third kappa shape index (κ3) is 2.68. The van der Waals surface area contributed by atoms with Crippen molar-refractivity contribution in [3.8, 4) is 0 Å². The highest BCUT2D eigenvalue weighted by molar-refractivity contribution is 7.90. The second-order valence-electron chi connectivity index (χ2n) is 4.25. The van der Waals surface area contributed by atoms with Crippen LogP contribution in [0, 0.1) is 5.41 Å². The number of carboxylic acids is 1. The summed E-state index contributed by atoms with van der Waals surface area (Å²) >= 11 is 0. The quantitative estimate of drug-likeness (QED) is 0.693. The van der Waals surface area contributed by atoms with E-state index in [0.717, 1.165) is 0 Å². The van der Waals surface area contributed by atoms with Crippen molar-refractivity contribution in [2.45, 2.75) is 31.9 Å². The lowest BCUT2D eigenvalue weighted by Crippen LogP contribution is -2.40. The zero-order valence-corrected chi connectivity index (χ0v) is 9.10. The molecule has 6 heteroatoms. The first kappa shape index (κ1) is 11.5. The van der Waals surface area contributed by atoms with Crippen LogP contribution in [0.4, 0.5) is 0 Å². The van der Waals surface area contributed by atoms with Crippen LogP contribution in [0.3, 0.4) is 0 Å². The van der Waals surface area contributed by atoms with Crippen LogP contribution in [-0.4, -0.2) is 31.3 Å². The van der Waals surface area contributed by atoms with Gasteiger partial charge < -0.3 is 5.11 Å². The van der Waals surface area contributed by atoms with Gasteiger partial charge in [0.1, 0.15) is 0 Å². The first-order valence-electron chi connectivity index (χ1n) is 4.47. The van der Waals surface area contributed by atoms with E-state index in [1.54, 1.807) is 0 Å². The van der Waals surface area contributed by atoms with Crippen molar-refractivity contribution in [2.24, 2.45) is 5.41 Å². The predicted molar refractivity (Wildman–Crippen MR) is 51.4 cm³/mol. The van der Waals surface area contributed by atoms with Gasteiger partial charge in [-0.3, -0.25) is 4.79 Å². The second-order valence-corrected chi connectivity index (χ2v) is 6.30. The average molecular weight is 221 g/mol.